The smallest absolute Gasteiger partial charge is 0.253 e. The van der Waals surface area contributed by atoms with E-state index in [0.29, 0.717) is 41.1 Å². The van der Waals surface area contributed by atoms with Crippen LogP contribution < -0.4 is 0 Å². The van der Waals surface area contributed by atoms with E-state index < -0.39 is 0 Å². The van der Waals surface area contributed by atoms with Gasteiger partial charge in [-0.1, -0.05) is 22.8 Å². The van der Waals surface area contributed by atoms with Crippen molar-refractivity contribution in [1.29, 1.82) is 0 Å². The molecule has 4 rings (SSSR count). The fraction of sp³-hybridized carbons (Fsp3) is 0.176. The van der Waals surface area contributed by atoms with Crippen molar-refractivity contribution in [3.8, 4) is 11.5 Å². The lowest BCUT2D eigenvalue weighted by atomic mass is 9.99. The molecule has 3 aromatic rings. The molecule has 0 atom stereocenters. The highest BCUT2D eigenvalue weighted by Gasteiger charge is 2.36. The molecule has 1 amide bonds. The van der Waals surface area contributed by atoms with Gasteiger partial charge in [-0.25, -0.2) is 0 Å². The number of aromatic nitrogens is 3. The average molecular weight is 341 g/mol. The highest BCUT2D eigenvalue weighted by molar-refractivity contribution is 6.30. The topological polar surface area (TPSA) is 72.1 Å². The van der Waals surface area contributed by atoms with E-state index in [1.54, 1.807) is 35.4 Å². The fourth-order valence-corrected chi connectivity index (χ4v) is 2.70. The van der Waals surface area contributed by atoms with Crippen molar-refractivity contribution in [2.24, 2.45) is 0 Å². The normalized spacial score (nSPS) is 14.5. The molecule has 0 saturated carbocycles. The number of hydrogen-bond donors (Lipinski definition) is 0. The molecule has 0 spiro atoms. The van der Waals surface area contributed by atoms with Gasteiger partial charge in [-0.3, -0.25) is 9.78 Å². The minimum absolute atomic E-state index is 0.0209. The Kier molecular flexibility index (Phi) is 3.74. The summed E-state index contributed by atoms with van der Waals surface area (Å²) in [6.45, 7) is 1.12. The summed E-state index contributed by atoms with van der Waals surface area (Å²) < 4.78 is 5.32. The third kappa shape index (κ3) is 2.76. The van der Waals surface area contributed by atoms with Gasteiger partial charge in [-0.2, -0.15) is 4.98 Å². The van der Waals surface area contributed by atoms with Crippen molar-refractivity contribution in [1.82, 2.24) is 20.0 Å². The number of rotatable bonds is 3. The number of amides is 1. The van der Waals surface area contributed by atoms with E-state index in [0.717, 1.165) is 0 Å². The van der Waals surface area contributed by atoms with Crippen LogP contribution in [0, 0.1) is 0 Å². The van der Waals surface area contributed by atoms with E-state index >= 15 is 0 Å². The number of hydrogen-bond acceptors (Lipinski definition) is 5. The highest BCUT2D eigenvalue weighted by Crippen LogP contribution is 2.28. The minimum atomic E-state index is -0.0209. The summed E-state index contributed by atoms with van der Waals surface area (Å²) in [5.74, 6) is 1.04. The monoisotopic (exact) mass is 340 g/mol. The van der Waals surface area contributed by atoms with E-state index in [4.69, 9.17) is 16.1 Å². The minimum Gasteiger partial charge on any atom is -0.338 e. The Morgan fingerprint density at radius 1 is 1.17 bits per heavy atom. The number of nitrogens with zero attached hydrogens (tertiary/aromatic N) is 4. The predicted molar refractivity (Wildman–Crippen MR) is 87.6 cm³/mol. The van der Waals surface area contributed by atoms with Crippen molar-refractivity contribution in [3.63, 3.8) is 0 Å². The van der Waals surface area contributed by atoms with Gasteiger partial charge in [0.25, 0.3) is 5.91 Å². The Hall–Kier alpha value is -2.73. The van der Waals surface area contributed by atoms with E-state index in [9.17, 15) is 4.79 Å². The van der Waals surface area contributed by atoms with Crippen LogP contribution in [0.2, 0.25) is 5.02 Å². The predicted octanol–water partition coefficient (Wildman–Crippen LogP) is 3.02. The van der Waals surface area contributed by atoms with Gasteiger partial charge >= 0.3 is 0 Å². The van der Waals surface area contributed by atoms with Gasteiger partial charge in [0, 0.05) is 29.9 Å². The summed E-state index contributed by atoms with van der Waals surface area (Å²) in [5.41, 5.74) is 1.29. The van der Waals surface area contributed by atoms with Crippen LogP contribution in [0.15, 0.2) is 53.2 Å². The number of halogens is 1. The number of benzene rings is 1. The molecule has 120 valence electrons. The average Bonchev–Trinajstić information content (AvgIpc) is 3.04. The number of carbonyl (C=O) groups excluding carboxylic acids is 1. The Morgan fingerprint density at radius 2 is 1.96 bits per heavy atom. The number of likely N-dealkylation sites (tertiary alicyclic amines) is 1. The third-order valence-corrected chi connectivity index (χ3v) is 4.20. The summed E-state index contributed by atoms with van der Waals surface area (Å²) in [5, 5.41) is 4.57. The first-order valence-corrected chi connectivity index (χ1v) is 7.88. The molecule has 0 aliphatic carbocycles. The standard InChI is InChI=1S/C17H13ClN4O2/c18-13-6-4-11(5-7-13)17(23)22-9-12(10-22)16-20-15(21-24-16)14-3-1-2-8-19-14/h1-8,12H,9-10H2. The lowest BCUT2D eigenvalue weighted by Crippen LogP contribution is -2.48. The zero-order valence-electron chi connectivity index (χ0n) is 12.6. The molecule has 2 aromatic heterocycles. The fourth-order valence-electron chi connectivity index (χ4n) is 2.58. The summed E-state index contributed by atoms with van der Waals surface area (Å²) in [6.07, 6.45) is 1.68. The van der Waals surface area contributed by atoms with Gasteiger partial charge in [0.1, 0.15) is 5.69 Å². The molecule has 0 N–H and O–H groups in total. The van der Waals surface area contributed by atoms with E-state index in [2.05, 4.69) is 15.1 Å². The van der Waals surface area contributed by atoms with Crippen LogP contribution in [-0.4, -0.2) is 39.0 Å². The van der Waals surface area contributed by atoms with Crippen LogP contribution in [0.1, 0.15) is 22.2 Å². The first kappa shape index (κ1) is 14.8. The van der Waals surface area contributed by atoms with Gasteiger partial charge in [0.2, 0.25) is 11.7 Å². The SMILES string of the molecule is O=C(c1ccc(Cl)cc1)N1CC(c2nc(-c3ccccn3)no2)C1. The Bertz CT molecular complexity index is 858. The van der Waals surface area contributed by atoms with Crippen molar-refractivity contribution >= 4 is 17.5 Å². The third-order valence-electron chi connectivity index (χ3n) is 3.94. The molecule has 1 aliphatic rings. The molecule has 0 radical (unpaired) electrons. The molecule has 6 nitrogen and oxygen atoms in total. The summed E-state index contributed by atoms with van der Waals surface area (Å²) in [4.78, 5) is 22.7. The molecule has 3 heterocycles. The molecule has 1 saturated heterocycles. The zero-order valence-corrected chi connectivity index (χ0v) is 13.3. The molecular formula is C17H13ClN4O2. The molecule has 24 heavy (non-hydrogen) atoms. The second-order valence-corrected chi connectivity index (χ2v) is 6.02. The van der Waals surface area contributed by atoms with Crippen LogP contribution in [0.3, 0.4) is 0 Å². The van der Waals surface area contributed by atoms with Crippen molar-refractivity contribution in [3.05, 3.63) is 65.1 Å². The number of pyridine rings is 1. The molecule has 7 heteroatoms. The first-order valence-electron chi connectivity index (χ1n) is 7.50. The van der Waals surface area contributed by atoms with Crippen molar-refractivity contribution in [2.45, 2.75) is 5.92 Å². The second kappa shape index (κ2) is 6.05. The second-order valence-electron chi connectivity index (χ2n) is 5.59. The van der Waals surface area contributed by atoms with Gasteiger partial charge in [0.15, 0.2) is 0 Å². The van der Waals surface area contributed by atoms with Gasteiger partial charge < -0.3 is 9.42 Å². The maximum Gasteiger partial charge on any atom is 0.253 e. The van der Waals surface area contributed by atoms with E-state index in [-0.39, 0.29) is 11.8 Å². The van der Waals surface area contributed by atoms with Crippen LogP contribution in [0.25, 0.3) is 11.5 Å². The van der Waals surface area contributed by atoms with Crippen LogP contribution in [0.5, 0.6) is 0 Å². The molecule has 0 bridgehead atoms. The lowest BCUT2D eigenvalue weighted by Gasteiger charge is -2.37. The largest absolute Gasteiger partial charge is 0.338 e. The molecule has 1 aromatic carbocycles. The van der Waals surface area contributed by atoms with Gasteiger partial charge in [-0.05, 0) is 36.4 Å². The van der Waals surface area contributed by atoms with E-state index in [1.165, 1.54) is 0 Å². The maximum absolute atomic E-state index is 12.3. The molecule has 1 fully saturated rings. The first-order chi connectivity index (χ1) is 11.7. The zero-order chi connectivity index (χ0) is 16.5. The molecular weight excluding hydrogens is 328 g/mol. The van der Waals surface area contributed by atoms with Crippen molar-refractivity contribution < 1.29 is 9.32 Å². The Balaban J connectivity index is 1.42. The Labute approximate surface area is 143 Å². The maximum atomic E-state index is 12.3. The summed E-state index contributed by atoms with van der Waals surface area (Å²) >= 11 is 5.84. The van der Waals surface area contributed by atoms with Crippen LogP contribution >= 0.6 is 11.6 Å². The quantitative estimate of drug-likeness (QED) is 0.732. The summed E-state index contributed by atoms with van der Waals surface area (Å²) in [6, 6.07) is 12.4. The highest BCUT2D eigenvalue weighted by atomic mass is 35.5. The van der Waals surface area contributed by atoms with Gasteiger partial charge in [0.05, 0.1) is 5.92 Å². The molecule has 0 unspecified atom stereocenters. The van der Waals surface area contributed by atoms with Crippen LogP contribution in [0.4, 0.5) is 0 Å². The number of carbonyl (C=O) groups is 1. The lowest BCUT2D eigenvalue weighted by molar-refractivity contribution is 0.0569. The van der Waals surface area contributed by atoms with Gasteiger partial charge in [-0.15, -0.1) is 0 Å². The van der Waals surface area contributed by atoms with Crippen molar-refractivity contribution in [2.75, 3.05) is 13.1 Å². The Morgan fingerprint density at radius 3 is 2.67 bits per heavy atom. The molecule has 1 aliphatic heterocycles. The van der Waals surface area contributed by atoms with Crippen LogP contribution in [-0.2, 0) is 0 Å². The summed E-state index contributed by atoms with van der Waals surface area (Å²) in [7, 11) is 0. The van der Waals surface area contributed by atoms with E-state index in [1.807, 2.05) is 18.2 Å².